The van der Waals surface area contributed by atoms with Crippen molar-refractivity contribution in [2.45, 2.75) is 38.1 Å². The van der Waals surface area contributed by atoms with Crippen molar-refractivity contribution in [3.05, 3.63) is 90.3 Å². The Balaban J connectivity index is 1.37. The van der Waals surface area contributed by atoms with E-state index in [9.17, 15) is 4.79 Å². The van der Waals surface area contributed by atoms with Crippen molar-refractivity contribution in [2.24, 2.45) is 5.92 Å². The van der Waals surface area contributed by atoms with Gasteiger partial charge in [0.2, 0.25) is 0 Å². The molecule has 1 amide bonds. The van der Waals surface area contributed by atoms with Crippen LogP contribution in [0, 0.1) is 5.92 Å². The molecule has 1 saturated carbocycles. The van der Waals surface area contributed by atoms with E-state index in [4.69, 9.17) is 0 Å². The maximum Gasteiger partial charge on any atom is 0.257 e. The number of nitrogens with zero attached hydrogens (tertiary/aromatic N) is 3. The summed E-state index contributed by atoms with van der Waals surface area (Å²) in [6, 6.07) is 22.9. The average Bonchev–Trinajstić information content (AvgIpc) is 2.91. The van der Waals surface area contributed by atoms with Crippen molar-refractivity contribution in [1.82, 2.24) is 9.88 Å². The smallest absolute Gasteiger partial charge is 0.257 e. The second-order valence-corrected chi connectivity index (χ2v) is 9.80. The molecular formula is C29H34N4O. The van der Waals surface area contributed by atoms with Gasteiger partial charge in [0, 0.05) is 55.5 Å². The van der Waals surface area contributed by atoms with Gasteiger partial charge in [-0.05, 0) is 73.6 Å². The van der Waals surface area contributed by atoms with Crippen LogP contribution in [0.2, 0.25) is 0 Å². The Labute approximate surface area is 202 Å². The largest absolute Gasteiger partial charge is 0.369 e. The Morgan fingerprint density at radius 3 is 2.41 bits per heavy atom. The minimum Gasteiger partial charge on any atom is -0.369 e. The third kappa shape index (κ3) is 4.71. The Morgan fingerprint density at radius 1 is 0.941 bits per heavy atom. The van der Waals surface area contributed by atoms with E-state index in [2.05, 4.69) is 75.6 Å². The monoisotopic (exact) mass is 454 g/mol. The summed E-state index contributed by atoms with van der Waals surface area (Å²) in [6.07, 6.45) is 8.10. The molecule has 5 rings (SSSR count). The normalized spacial score (nSPS) is 23.4. The number of anilines is 2. The first-order valence-electron chi connectivity index (χ1n) is 12.5. The fourth-order valence-corrected chi connectivity index (χ4v) is 5.65. The van der Waals surface area contributed by atoms with Gasteiger partial charge in [-0.15, -0.1) is 0 Å². The van der Waals surface area contributed by atoms with E-state index in [1.807, 2.05) is 6.07 Å². The van der Waals surface area contributed by atoms with Crippen LogP contribution in [0.3, 0.4) is 0 Å². The number of piperazine rings is 1. The highest BCUT2D eigenvalue weighted by Crippen LogP contribution is 2.45. The van der Waals surface area contributed by atoms with Gasteiger partial charge in [-0.25, -0.2) is 0 Å². The predicted octanol–water partition coefficient (Wildman–Crippen LogP) is 5.56. The van der Waals surface area contributed by atoms with Crippen LogP contribution in [0.1, 0.15) is 48.5 Å². The van der Waals surface area contributed by atoms with E-state index in [-0.39, 0.29) is 11.4 Å². The van der Waals surface area contributed by atoms with E-state index in [0.717, 1.165) is 37.8 Å². The van der Waals surface area contributed by atoms with Gasteiger partial charge in [0.1, 0.15) is 0 Å². The highest BCUT2D eigenvalue weighted by molar-refractivity contribution is 6.04. The van der Waals surface area contributed by atoms with Gasteiger partial charge in [-0.1, -0.05) is 37.3 Å². The zero-order chi connectivity index (χ0) is 23.4. The van der Waals surface area contributed by atoms with Crippen LogP contribution in [0.5, 0.6) is 0 Å². The predicted molar refractivity (Wildman–Crippen MR) is 138 cm³/mol. The molecule has 176 valence electrons. The molecule has 3 aromatic rings. The number of rotatable bonds is 5. The molecule has 0 radical (unpaired) electrons. The number of aromatic nitrogens is 1. The molecule has 1 aliphatic carbocycles. The number of carbonyl (C=O) groups excluding carboxylic acids is 1. The lowest BCUT2D eigenvalue weighted by molar-refractivity contribution is 0.0299. The zero-order valence-electron chi connectivity index (χ0n) is 20.0. The van der Waals surface area contributed by atoms with Crippen LogP contribution in [0.15, 0.2) is 79.1 Å². The Bertz CT molecular complexity index is 1090. The summed E-state index contributed by atoms with van der Waals surface area (Å²) in [5.41, 5.74) is 4.10. The first-order valence-corrected chi connectivity index (χ1v) is 12.5. The molecular weight excluding hydrogens is 420 g/mol. The van der Waals surface area contributed by atoms with Crippen LogP contribution < -0.4 is 10.2 Å². The lowest BCUT2D eigenvalue weighted by Gasteiger charge is -2.51. The van der Waals surface area contributed by atoms with Crippen molar-refractivity contribution in [3.63, 3.8) is 0 Å². The summed E-state index contributed by atoms with van der Waals surface area (Å²) >= 11 is 0. The molecule has 2 aromatic carbocycles. The van der Waals surface area contributed by atoms with Gasteiger partial charge in [-0.2, -0.15) is 0 Å². The third-order valence-corrected chi connectivity index (χ3v) is 7.69. The molecule has 34 heavy (non-hydrogen) atoms. The molecule has 1 saturated heterocycles. The summed E-state index contributed by atoms with van der Waals surface area (Å²) in [7, 11) is 0. The van der Waals surface area contributed by atoms with Crippen molar-refractivity contribution >= 4 is 17.3 Å². The Kier molecular flexibility index (Phi) is 6.63. The maximum atomic E-state index is 12.7. The second-order valence-electron chi connectivity index (χ2n) is 9.80. The third-order valence-electron chi connectivity index (χ3n) is 7.69. The van der Waals surface area contributed by atoms with Gasteiger partial charge in [0.25, 0.3) is 5.91 Å². The highest BCUT2D eigenvalue weighted by atomic mass is 16.1. The highest BCUT2D eigenvalue weighted by Gasteiger charge is 2.42. The zero-order valence-corrected chi connectivity index (χ0v) is 20.0. The van der Waals surface area contributed by atoms with Crippen LogP contribution in [-0.2, 0) is 5.54 Å². The van der Waals surface area contributed by atoms with Crippen LogP contribution in [-0.4, -0.2) is 42.0 Å². The van der Waals surface area contributed by atoms with E-state index < -0.39 is 0 Å². The molecule has 5 nitrogen and oxygen atoms in total. The number of amides is 1. The fraction of sp³-hybridized carbons (Fsp3) is 0.379. The van der Waals surface area contributed by atoms with E-state index in [0.29, 0.717) is 5.56 Å². The topological polar surface area (TPSA) is 48.5 Å². The lowest BCUT2D eigenvalue weighted by atomic mass is 9.71. The SMILES string of the molecule is C[C@H]1CC[C@](c2cccc(NC(=O)c3cccnc3)c2)(N2CCN(c3ccccc3)CC2)CC1. The van der Waals surface area contributed by atoms with Gasteiger partial charge in [0.15, 0.2) is 0 Å². The quantitative estimate of drug-likeness (QED) is 0.548. The van der Waals surface area contributed by atoms with Crippen molar-refractivity contribution < 1.29 is 4.79 Å². The molecule has 0 atom stereocenters. The first-order chi connectivity index (χ1) is 16.6. The Morgan fingerprint density at radius 2 is 1.71 bits per heavy atom. The van der Waals surface area contributed by atoms with Gasteiger partial charge >= 0.3 is 0 Å². The molecule has 0 spiro atoms. The van der Waals surface area contributed by atoms with E-state index in [1.54, 1.807) is 24.5 Å². The summed E-state index contributed by atoms with van der Waals surface area (Å²) in [5.74, 6) is 0.653. The average molecular weight is 455 g/mol. The number of nitrogens with one attached hydrogen (secondary N) is 1. The molecule has 2 aliphatic rings. The van der Waals surface area contributed by atoms with Crippen molar-refractivity contribution in [3.8, 4) is 0 Å². The minimum absolute atomic E-state index is 0.0321. The number of para-hydroxylation sites is 1. The van der Waals surface area contributed by atoms with Gasteiger partial charge < -0.3 is 10.2 Å². The van der Waals surface area contributed by atoms with Crippen LogP contribution in [0.4, 0.5) is 11.4 Å². The molecule has 2 fully saturated rings. The number of pyridine rings is 1. The maximum absolute atomic E-state index is 12.7. The number of carbonyl (C=O) groups is 1. The molecule has 1 aliphatic heterocycles. The number of hydrogen-bond donors (Lipinski definition) is 1. The molecule has 0 bridgehead atoms. The molecule has 5 heteroatoms. The summed E-state index contributed by atoms with van der Waals surface area (Å²) in [6.45, 7) is 6.56. The van der Waals surface area contributed by atoms with E-state index in [1.165, 1.54) is 36.9 Å². The molecule has 0 unspecified atom stereocenters. The van der Waals surface area contributed by atoms with Gasteiger partial charge in [-0.3, -0.25) is 14.7 Å². The first kappa shape index (κ1) is 22.6. The number of hydrogen-bond acceptors (Lipinski definition) is 4. The molecule has 1 aromatic heterocycles. The second kappa shape index (κ2) is 9.98. The standard InChI is InChI=1S/C29H34N4O/c1-23-12-14-29(15-13-23,33-19-17-32(18-20-33)27-10-3-2-4-11-27)25-8-5-9-26(21-25)31-28(34)24-7-6-16-30-22-24/h2-11,16,21-23H,12-15,17-20H2,1H3,(H,31,34)/t23-,29-. The molecule has 1 N–H and O–H groups in total. The summed E-state index contributed by atoms with van der Waals surface area (Å²) in [4.78, 5) is 22.0. The fourth-order valence-electron chi connectivity index (χ4n) is 5.65. The summed E-state index contributed by atoms with van der Waals surface area (Å²) < 4.78 is 0. The van der Waals surface area contributed by atoms with Crippen LogP contribution in [0.25, 0.3) is 0 Å². The minimum atomic E-state index is -0.118. The van der Waals surface area contributed by atoms with E-state index >= 15 is 0 Å². The summed E-state index contributed by atoms with van der Waals surface area (Å²) in [5, 5.41) is 3.09. The van der Waals surface area contributed by atoms with Crippen molar-refractivity contribution in [1.29, 1.82) is 0 Å². The van der Waals surface area contributed by atoms with Crippen LogP contribution >= 0.6 is 0 Å². The van der Waals surface area contributed by atoms with Gasteiger partial charge in [0.05, 0.1) is 5.56 Å². The molecule has 2 heterocycles. The van der Waals surface area contributed by atoms with Crippen molar-refractivity contribution in [2.75, 3.05) is 36.4 Å². The number of benzene rings is 2. The Hall–Kier alpha value is -3.18. The lowest BCUT2D eigenvalue weighted by Crippen LogP contribution is -2.56.